The molecule has 3 heteroatoms. The van der Waals surface area contributed by atoms with Gasteiger partial charge in [0.25, 0.3) is 0 Å². The SMILES string of the molecule is CCCCC1(CCCC)CCC2(CCN(CCCN(C)C)C2)CC1=O. The van der Waals surface area contributed by atoms with Crippen LogP contribution in [0.3, 0.4) is 0 Å². The van der Waals surface area contributed by atoms with Crippen LogP contribution in [0.1, 0.15) is 84.5 Å². The number of rotatable bonds is 10. The molecule has 0 aromatic carbocycles. The number of hydrogen-bond donors (Lipinski definition) is 0. The molecule has 2 fully saturated rings. The molecule has 2 aliphatic rings. The van der Waals surface area contributed by atoms with Crippen molar-refractivity contribution in [2.45, 2.75) is 84.5 Å². The maximum absolute atomic E-state index is 13.3. The van der Waals surface area contributed by atoms with E-state index in [2.05, 4.69) is 37.7 Å². The third-order valence-electron chi connectivity index (χ3n) is 6.88. The second-order valence-electron chi connectivity index (χ2n) is 9.27. The molecule has 2 rings (SSSR count). The van der Waals surface area contributed by atoms with E-state index < -0.39 is 0 Å². The number of hydrogen-bond acceptors (Lipinski definition) is 3. The van der Waals surface area contributed by atoms with Crippen LogP contribution in [0, 0.1) is 10.8 Å². The summed E-state index contributed by atoms with van der Waals surface area (Å²) in [6.45, 7) is 9.25. The van der Waals surface area contributed by atoms with E-state index in [1.54, 1.807) is 0 Å². The quantitative estimate of drug-likeness (QED) is 0.568. The number of ketones is 1. The highest BCUT2D eigenvalue weighted by molar-refractivity contribution is 5.86. The first kappa shape index (κ1) is 20.9. The Bertz CT molecular complexity index is 412. The first-order chi connectivity index (χ1) is 12.0. The predicted octanol–water partition coefficient (Wildman–Crippen LogP) is 4.75. The van der Waals surface area contributed by atoms with Crippen LogP contribution in [0.2, 0.25) is 0 Å². The lowest BCUT2D eigenvalue weighted by Crippen LogP contribution is -2.43. The van der Waals surface area contributed by atoms with Crippen molar-refractivity contribution in [3.05, 3.63) is 0 Å². The van der Waals surface area contributed by atoms with Gasteiger partial charge in [0, 0.05) is 18.4 Å². The molecule has 0 amide bonds. The van der Waals surface area contributed by atoms with Gasteiger partial charge in [-0.25, -0.2) is 0 Å². The summed E-state index contributed by atoms with van der Waals surface area (Å²) in [5.74, 6) is 0.621. The second-order valence-corrected chi connectivity index (χ2v) is 9.27. The fourth-order valence-electron chi connectivity index (χ4n) is 5.12. The summed E-state index contributed by atoms with van der Waals surface area (Å²) < 4.78 is 0. The molecule has 1 heterocycles. The van der Waals surface area contributed by atoms with Gasteiger partial charge in [0.15, 0.2) is 0 Å². The number of carbonyl (C=O) groups excluding carboxylic acids is 1. The summed E-state index contributed by atoms with van der Waals surface area (Å²) in [5, 5.41) is 0. The van der Waals surface area contributed by atoms with E-state index in [0.29, 0.717) is 11.2 Å². The zero-order valence-electron chi connectivity index (χ0n) is 17.4. The maximum atomic E-state index is 13.3. The Hall–Kier alpha value is -0.410. The molecule has 146 valence electrons. The van der Waals surface area contributed by atoms with Crippen LogP contribution in [-0.4, -0.2) is 55.9 Å². The lowest BCUT2D eigenvalue weighted by Gasteiger charge is -2.44. The maximum Gasteiger partial charge on any atom is 0.139 e. The third-order valence-corrected chi connectivity index (χ3v) is 6.88. The van der Waals surface area contributed by atoms with Gasteiger partial charge in [0.05, 0.1) is 0 Å². The van der Waals surface area contributed by atoms with Crippen LogP contribution >= 0.6 is 0 Å². The van der Waals surface area contributed by atoms with E-state index >= 15 is 0 Å². The van der Waals surface area contributed by atoms with Gasteiger partial charge in [-0.15, -0.1) is 0 Å². The first-order valence-electron chi connectivity index (χ1n) is 10.9. The van der Waals surface area contributed by atoms with Crippen molar-refractivity contribution < 1.29 is 4.79 Å². The topological polar surface area (TPSA) is 23.6 Å². The normalized spacial score (nSPS) is 26.8. The van der Waals surface area contributed by atoms with Gasteiger partial charge in [0.2, 0.25) is 0 Å². The molecular formula is C22H42N2O. The Morgan fingerprint density at radius 2 is 1.68 bits per heavy atom. The average Bonchev–Trinajstić information content (AvgIpc) is 2.96. The highest BCUT2D eigenvalue weighted by atomic mass is 16.1. The summed E-state index contributed by atoms with van der Waals surface area (Å²) in [5.41, 5.74) is 0.354. The Morgan fingerprint density at radius 3 is 2.24 bits per heavy atom. The largest absolute Gasteiger partial charge is 0.309 e. The Kier molecular flexibility index (Phi) is 7.94. The van der Waals surface area contributed by atoms with Crippen molar-refractivity contribution in [2.75, 3.05) is 40.3 Å². The van der Waals surface area contributed by atoms with Crippen LogP contribution in [0.5, 0.6) is 0 Å². The molecule has 1 spiro atoms. The smallest absolute Gasteiger partial charge is 0.139 e. The molecule has 1 unspecified atom stereocenters. The van der Waals surface area contributed by atoms with Gasteiger partial charge in [-0.05, 0) is 77.7 Å². The summed E-state index contributed by atoms with van der Waals surface area (Å²) in [7, 11) is 4.30. The lowest BCUT2D eigenvalue weighted by atomic mass is 9.59. The highest BCUT2D eigenvalue weighted by Gasteiger charge is 2.49. The Labute approximate surface area is 156 Å². The van der Waals surface area contributed by atoms with E-state index in [0.717, 1.165) is 25.7 Å². The minimum atomic E-state index is 0.0373. The molecule has 0 radical (unpaired) electrons. The van der Waals surface area contributed by atoms with Crippen molar-refractivity contribution in [1.29, 1.82) is 0 Å². The van der Waals surface area contributed by atoms with E-state index in [1.807, 2.05) is 0 Å². The molecular weight excluding hydrogens is 308 g/mol. The second kappa shape index (κ2) is 9.50. The first-order valence-corrected chi connectivity index (χ1v) is 10.9. The van der Waals surface area contributed by atoms with Crippen molar-refractivity contribution >= 4 is 5.78 Å². The minimum Gasteiger partial charge on any atom is -0.309 e. The molecule has 1 atom stereocenters. The number of unbranched alkanes of at least 4 members (excludes halogenated alkanes) is 2. The van der Waals surface area contributed by atoms with Crippen molar-refractivity contribution in [3.8, 4) is 0 Å². The van der Waals surface area contributed by atoms with Gasteiger partial charge in [-0.2, -0.15) is 0 Å². The highest BCUT2D eigenvalue weighted by Crippen LogP contribution is 2.51. The van der Waals surface area contributed by atoms with Gasteiger partial charge in [-0.3, -0.25) is 4.79 Å². The third kappa shape index (κ3) is 5.53. The number of nitrogens with zero attached hydrogens (tertiary/aromatic N) is 2. The lowest BCUT2D eigenvalue weighted by molar-refractivity contribution is -0.137. The molecule has 1 saturated heterocycles. The monoisotopic (exact) mass is 350 g/mol. The van der Waals surface area contributed by atoms with Crippen LogP contribution in [0.15, 0.2) is 0 Å². The van der Waals surface area contributed by atoms with Crippen molar-refractivity contribution in [1.82, 2.24) is 9.80 Å². The molecule has 1 aliphatic heterocycles. The molecule has 1 aliphatic carbocycles. The van der Waals surface area contributed by atoms with E-state index in [-0.39, 0.29) is 5.41 Å². The molecule has 3 nitrogen and oxygen atoms in total. The molecule has 0 N–H and O–H groups in total. The fourth-order valence-corrected chi connectivity index (χ4v) is 5.12. The molecule has 0 aromatic heterocycles. The van der Waals surface area contributed by atoms with Gasteiger partial charge in [-0.1, -0.05) is 39.5 Å². The van der Waals surface area contributed by atoms with Crippen molar-refractivity contribution in [2.24, 2.45) is 10.8 Å². The summed E-state index contributed by atoms with van der Waals surface area (Å²) in [4.78, 5) is 18.2. The molecule has 1 saturated carbocycles. The Balaban J connectivity index is 1.91. The zero-order valence-corrected chi connectivity index (χ0v) is 17.4. The summed E-state index contributed by atoms with van der Waals surface area (Å²) >= 11 is 0. The van der Waals surface area contributed by atoms with Gasteiger partial charge in [0.1, 0.15) is 5.78 Å². The van der Waals surface area contributed by atoms with Crippen LogP contribution < -0.4 is 0 Å². The van der Waals surface area contributed by atoms with E-state index in [4.69, 9.17) is 0 Å². The van der Waals surface area contributed by atoms with Crippen molar-refractivity contribution in [3.63, 3.8) is 0 Å². The summed E-state index contributed by atoms with van der Waals surface area (Å²) in [6, 6.07) is 0. The number of Topliss-reactive ketones (excluding diaryl/α,β-unsaturated/α-hetero) is 1. The average molecular weight is 351 g/mol. The van der Waals surface area contributed by atoms with Crippen LogP contribution in [0.4, 0.5) is 0 Å². The Morgan fingerprint density at radius 1 is 1.00 bits per heavy atom. The van der Waals surface area contributed by atoms with E-state index in [9.17, 15) is 4.79 Å². The summed E-state index contributed by atoms with van der Waals surface area (Å²) in [6.07, 6.45) is 13.0. The molecule has 0 bridgehead atoms. The van der Waals surface area contributed by atoms with E-state index in [1.165, 1.54) is 71.1 Å². The zero-order chi connectivity index (χ0) is 18.3. The van der Waals surface area contributed by atoms with Crippen LogP contribution in [0.25, 0.3) is 0 Å². The number of carbonyl (C=O) groups is 1. The van der Waals surface area contributed by atoms with Gasteiger partial charge < -0.3 is 9.80 Å². The van der Waals surface area contributed by atoms with Gasteiger partial charge >= 0.3 is 0 Å². The molecule has 25 heavy (non-hydrogen) atoms. The fraction of sp³-hybridized carbons (Fsp3) is 0.955. The minimum absolute atomic E-state index is 0.0373. The molecule has 0 aromatic rings. The van der Waals surface area contributed by atoms with Crippen LogP contribution in [-0.2, 0) is 4.79 Å². The standard InChI is InChI=1S/C22H42N2O/c1-5-7-10-22(11-8-6-2)13-12-21(18-20(22)25)14-17-24(19-21)16-9-15-23(3)4/h5-19H2,1-4H3. The number of likely N-dealkylation sites (tertiary alicyclic amines) is 1. The predicted molar refractivity (Wildman–Crippen MR) is 107 cm³/mol.